The van der Waals surface area contributed by atoms with Crippen LogP contribution in [0.2, 0.25) is 0 Å². The van der Waals surface area contributed by atoms with Crippen LogP contribution in [0.1, 0.15) is 6.42 Å². The van der Waals surface area contributed by atoms with Crippen LogP contribution in [0, 0.1) is 0 Å². The smallest absolute Gasteiger partial charge is 0.124 e. The van der Waals surface area contributed by atoms with Crippen molar-refractivity contribution in [1.29, 1.82) is 0 Å². The number of nitrogens with two attached hydrogens (primary N) is 1. The summed E-state index contributed by atoms with van der Waals surface area (Å²) in [6.45, 7) is 0.207. The number of aliphatic hydroxyl groups is 1. The molecule has 4 heteroatoms. The lowest BCUT2D eigenvalue weighted by Crippen LogP contribution is -2.46. The second kappa shape index (κ2) is 2.20. The van der Waals surface area contributed by atoms with Gasteiger partial charge < -0.3 is 15.6 Å². The Morgan fingerprint density at radius 1 is 1.91 bits per heavy atom. The molecule has 2 aliphatic heterocycles. The van der Waals surface area contributed by atoms with Crippen LogP contribution >= 0.6 is 11.6 Å². The van der Waals surface area contributed by atoms with Gasteiger partial charge in [-0.25, -0.2) is 0 Å². The Kier molecular flexibility index (Phi) is 1.51. The SMILES string of the molecule is NCC1(O)CC2C=C(Cl)C1O2. The maximum atomic E-state index is 9.79. The topological polar surface area (TPSA) is 55.5 Å². The molecular weight excluding hydrogens is 166 g/mol. The zero-order valence-corrected chi connectivity index (χ0v) is 6.71. The molecule has 0 radical (unpaired) electrons. The lowest BCUT2D eigenvalue weighted by Gasteiger charge is -2.26. The maximum absolute atomic E-state index is 9.79. The van der Waals surface area contributed by atoms with Crippen LogP contribution in [0.25, 0.3) is 0 Å². The van der Waals surface area contributed by atoms with Crippen molar-refractivity contribution in [1.82, 2.24) is 0 Å². The molecule has 2 bridgehead atoms. The van der Waals surface area contributed by atoms with Gasteiger partial charge in [-0.3, -0.25) is 0 Å². The minimum absolute atomic E-state index is 0.0268. The van der Waals surface area contributed by atoms with E-state index in [1.54, 1.807) is 0 Å². The number of fused-ring (bicyclic) bond motifs is 2. The normalized spacial score (nSPS) is 48.1. The van der Waals surface area contributed by atoms with Gasteiger partial charge in [-0.2, -0.15) is 0 Å². The third-order valence-electron chi connectivity index (χ3n) is 2.30. The summed E-state index contributed by atoms with van der Waals surface area (Å²) in [5, 5.41) is 10.4. The fourth-order valence-electron chi connectivity index (χ4n) is 1.68. The third kappa shape index (κ3) is 0.924. The lowest BCUT2D eigenvalue weighted by molar-refractivity contribution is -0.00619. The van der Waals surface area contributed by atoms with Crippen LogP contribution in [0.5, 0.6) is 0 Å². The minimum Gasteiger partial charge on any atom is -0.385 e. The molecule has 62 valence electrons. The van der Waals surface area contributed by atoms with Crippen molar-refractivity contribution < 1.29 is 9.84 Å². The molecule has 2 heterocycles. The summed E-state index contributed by atoms with van der Waals surface area (Å²) < 4.78 is 5.34. The largest absolute Gasteiger partial charge is 0.385 e. The zero-order valence-electron chi connectivity index (χ0n) is 5.96. The van der Waals surface area contributed by atoms with Gasteiger partial charge in [-0.05, 0) is 6.08 Å². The number of hydrogen-bond acceptors (Lipinski definition) is 3. The fraction of sp³-hybridized carbons (Fsp3) is 0.714. The van der Waals surface area contributed by atoms with Gasteiger partial charge in [0.05, 0.1) is 6.10 Å². The van der Waals surface area contributed by atoms with Gasteiger partial charge in [0.1, 0.15) is 11.7 Å². The van der Waals surface area contributed by atoms with Crippen LogP contribution in [0.15, 0.2) is 11.1 Å². The van der Waals surface area contributed by atoms with Gasteiger partial charge in [-0.1, -0.05) is 11.6 Å². The Hall–Kier alpha value is -0.0900. The third-order valence-corrected chi connectivity index (χ3v) is 2.63. The van der Waals surface area contributed by atoms with Crippen molar-refractivity contribution in [3.8, 4) is 0 Å². The van der Waals surface area contributed by atoms with E-state index < -0.39 is 5.60 Å². The number of rotatable bonds is 1. The number of hydrogen-bond donors (Lipinski definition) is 2. The highest BCUT2D eigenvalue weighted by Crippen LogP contribution is 2.42. The highest BCUT2D eigenvalue weighted by Gasteiger charge is 2.51. The average Bonchev–Trinajstić information content (AvgIpc) is 2.44. The van der Waals surface area contributed by atoms with Gasteiger partial charge in [0.25, 0.3) is 0 Å². The summed E-state index contributed by atoms with van der Waals surface area (Å²) >= 11 is 5.79. The van der Waals surface area contributed by atoms with Crippen LogP contribution in [0.4, 0.5) is 0 Å². The van der Waals surface area contributed by atoms with Crippen LogP contribution < -0.4 is 5.73 Å². The summed E-state index contributed by atoms with van der Waals surface area (Å²) in [6, 6.07) is 0. The number of ether oxygens (including phenoxy) is 1. The summed E-state index contributed by atoms with van der Waals surface area (Å²) in [4.78, 5) is 0. The first-order valence-electron chi connectivity index (χ1n) is 3.61. The second-order valence-corrected chi connectivity index (χ2v) is 3.55. The first-order chi connectivity index (χ1) is 5.15. The standard InChI is InChI=1S/C7H10ClNO2/c8-5-1-4-2-7(10,3-9)6(5)11-4/h1,4,6,10H,2-3,9H2. The predicted octanol–water partition coefficient (Wildman–Crippen LogP) is -0.0300. The van der Waals surface area contributed by atoms with Crippen molar-refractivity contribution in [2.45, 2.75) is 24.2 Å². The molecule has 3 atom stereocenters. The highest BCUT2D eigenvalue weighted by molar-refractivity contribution is 6.30. The van der Waals surface area contributed by atoms with E-state index in [2.05, 4.69) is 0 Å². The molecule has 0 aromatic carbocycles. The van der Waals surface area contributed by atoms with Gasteiger partial charge in [0.15, 0.2) is 0 Å². The Balaban J connectivity index is 2.27. The summed E-state index contributed by atoms with van der Waals surface area (Å²) in [5.74, 6) is 0. The van der Waals surface area contributed by atoms with E-state index in [0.717, 1.165) is 0 Å². The first kappa shape index (κ1) is 7.55. The van der Waals surface area contributed by atoms with E-state index in [1.807, 2.05) is 6.08 Å². The maximum Gasteiger partial charge on any atom is 0.124 e. The van der Waals surface area contributed by atoms with Gasteiger partial charge in [0.2, 0.25) is 0 Å². The van der Waals surface area contributed by atoms with Crippen molar-refractivity contribution >= 4 is 11.6 Å². The van der Waals surface area contributed by atoms with Crippen LogP contribution in [-0.2, 0) is 4.74 Å². The van der Waals surface area contributed by atoms with Gasteiger partial charge in [0, 0.05) is 18.0 Å². The molecule has 1 saturated heterocycles. The highest BCUT2D eigenvalue weighted by atomic mass is 35.5. The van der Waals surface area contributed by atoms with Crippen LogP contribution in [-0.4, -0.2) is 29.5 Å². The van der Waals surface area contributed by atoms with Gasteiger partial charge >= 0.3 is 0 Å². The van der Waals surface area contributed by atoms with E-state index in [9.17, 15) is 5.11 Å². The van der Waals surface area contributed by atoms with E-state index in [0.29, 0.717) is 11.5 Å². The van der Waals surface area contributed by atoms with E-state index in [-0.39, 0.29) is 18.8 Å². The van der Waals surface area contributed by atoms with Crippen molar-refractivity contribution in [2.24, 2.45) is 5.73 Å². The molecule has 1 fully saturated rings. The molecule has 2 aliphatic rings. The van der Waals surface area contributed by atoms with E-state index in [4.69, 9.17) is 22.1 Å². The molecular formula is C7H10ClNO2. The monoisotopic (exact) mass is 175 g/mol. The molecule has 0 aromatic rings. The minimum atomic E-state index is -0.920. The Bertz CT molecular complexity index is 218. The van der Waals surface area contributed by atoms with Gasteiger partial charge in [-0.15, -0.1) is 0 Å². The van der Waals surface area contributed by atoms with E-state index in [1.165, 1.54) is 0 Å². The molecule has 3 unspecified atom stereocenters. The van der Waals surface area contributed by atoms with Crippen LogP contribution in [0.3, 0.4) is 0 Å². The first-order valence-corrected chi connectivity index (χ1v) is 3.98. The zero-order chi connectivity index (χ0) is 8.06. The Morgan fingerprint density at radius 2 is 2.64 bits per heavy atom. The quantitative estimate of drug-likeness (QED) is 0.589. The average molecular weight is 176 g/mol. The molecule has 0 aliphatic carbocycles. The number of halogens is 1. The second-order valence-electron chi connectivity index (χ2n) is 3.12. The van der Waals surface area contributed by atoms with Crippen molar-refractivity contribution in [3.05, 3.63) is 11.1 Å². The van der Waals surface area contributed by atoms with Crippen molar-refractivity contribution in [2.75, 3.05) is 6.54 Å². The Morgan fingerprint density at radius 3 is 3.00 bits per heavy atom. The molecule has 0 spiro atoms. The van der Waals surface area contributed by atoms with Crippen molar-refractivity contribution in [3.63, 3.8) is 0 Å². The molecule has 0 aromatic heterocycles. The van der Waals surface area contributed by atoms with E-state index >= 15 is 0 Å². The predicted molar refractivity (Wildman–Crippen MR) is 41.2 cm³/mol. The molecule has 2 rings (SSSR count). The summed E-state index contributed by atoms with van der Waals surface area (Å²) in [7, 11) is 0. The molecule has 3 N–H and O–H groups in total. The molecule has 0 saturated carbocycles. The Labute approximate surface area is 69.8 Å². The molecule has 0 amide bonds. The fourth-order valence-corrected chi connectivity index (χ4v) is 2.08. The summed E-state index contributed by atoms with van der Waals surface area (Å²) in [5.41, 5.74) is 4.48. The molecule has 11 heavy (non-hydrogen) atoms. The molecule has 3 nitrogen and oxygen atoms in total. The lowest BCUT2D eigenvalue weighted by atomic mass is 9.89. The summed E-state index contributed by atoms with van der Waals surface area (Å²) in [6.07, 6.45) is 2.00.